The fraction of sp³-hybridized carbons (Fsp3) is 0.867. The van der Waals surface area contributed by atoms with Crippen LogP contribution in [0.3, 0.4) is 0 Å². The van der Waals surface area contributed by atoms with Crippen LogP contribution in [0, 0.1) is 11.3 Å². The summed E-state index contributed by atoms with van der Waals surface area (Å²) < 4.78 is 4.61. The number of aliphatic imine (C=N–C) groups is 1. The van der Waals surface area contributed by atoms with Crippen LogP contribution in [0.2, 0.25) is 0 Å². The van der Waals surface area contributed by atoms with Crippen LogP contribution in [0.25, 0.3) is 0 Å². The van der Waals surface area contributed by atoms with E-state index in [1.807, 2.05) is 0 Å². The summed E-state index contributed by atoms with van der Waals surface area (Å²) in [6.07, 6.45) is 5.56. The van der Waals surface area contributed by atoms with Gasteiger partial charge in [0.25, 0.3) is 0 Å². The standard InChI is InChI=1S/C15H29N3O2.HI/c1-12(2)10-15(7-5-8-15)11-18-14(16-3)17-9-6-13(19)20-4;/h12H,5-11H2,1-4H3,(H2,16,17,18);1H. The van der Waals surface area contributed by atoms with Gasteiger partial charge in [-0.25, -0.2) is 0 Å². The van der Waals surface area contributed by atoms with E-state index in [1.54, 1.807) is 7.05 Å². The van der Waals surface area contributed by atoms with Crippen molar-refractivity contribution in [3.63, 3.8) is 0 Å². The van der Waals surface area contributed by atoms with Crippen molar-refractivity contribution in [1.82, 2.24) is 10.6 Å². The van der Waals surface area contributed by atoms with Crippen LogP contribution in [0.15, 0.2) is 4.99 Å². The summed E-state index contributed by atoms with van der Waals surface area (Å²) in [5.74, 6) is 1.29. The molecule has 0 amide bonds. The van der Waals surface area contributed by atoms with Crippen molar-refractivity contribution in [2.45, 2.75) is 46.0 Å². The molecule has 0 heterocycles. The Morgan fingerprint density at radius 1 is 1.33 bits per heavy atom. The van der Waals surface area contributed by atoms with Crippen LogP contribution in [-0.4, -0.2) is 39.2 Å². The number of carbonyl (C=O) groups excluding carboxylic acids is 1. The van der Waals surface area contributed by atoms with Crippen molar-refractivity contribution in [3.8, 4) is 0 Å². The maximum atomic E-state index is 11.1. The summed E-state index contributed by atoms with van der Waals surface area (Å²) >= 11 is 0. The van der Waals surface area contributed by atoms with E-state index in [1.165, 1.54) is 32.8 Å². The zero-order valence-corrected chi connectivity index (χ0v) is 16.0. The fourth-order valence-electron chi connectivity index (χ4n) is 2.87. The van der Waals surface area contributed by atoms with Gasteiger partial charge >= 0.3 is 5.97 Å². The second-order valence-corrected chi connectivity index (χ2v) is 6.13. The van der Waals surface area contributed by atoms with E-state index in [2.05, 4.69) is 34.2 Å². The largest absolute Gasteiger partial charge is 0.469 e. The van der Waals surface area contributed by atoms with E-state index >= 15 is 0 Å². The molecule has 0 unspecified atom stereocenters. The highest BCUT2D eigenvalue weighted by atomic mass is 127. The quantitative estimate of drug-likeness (QED) is 0.293. The van der Waals surface area contributed by atoms with Crippen molar-refractivity contribution < 1.29 is 9.53 Å². The van der Waals surface area contributed by atoms with Crippen LogP contribution in [-0.2, 0) is 9.53 Å². The molecule has 0 aromatic rings. The Bertz CT molecular complexity index is 342. The summed E-state index contributed by atoms with van der Waals surface area (Å²) in [7, 11) is 3.16. The molecule has 0 atom stereocenters. The molecular formula is C15H30IN3O2. The van der Waals surface area contributed by atoms with Crippen molar-refractivity contribution in [2.24, 2.45) is 16.3 Å². The topological polar surface area (TPSA) is 62.7 Å². The van der Waals surface area contributed by atoms with E-state index in [9.17, 15) is 4.79 Å². The highest BCUT2D eigenvalue weighted by molar-refractivity contribution is 14.0. The molecule has 0 bridgehead atoms. The lowest BCUT2D eigenvalue weighted by Gasteiger charge is -2.43. The molecule has 21 heavy (non-hydrogen) atoms. The van der Waals surface area contributed by atoms with Crippen molar-refractivity contribution >= 4 is 35.9 Å². The van der Waals surface area contributed by atoms with Crippen molar-refractivity contribution in [2.75, 3.05) is 27.2 Å². The molecule has 0 aromatic heterocycles. The second-order valence-electron chi connectivity index (χ2n) is 6.13. The van der Waals surface area contributed by atoms with E-state index < -0.39 is 0 Å². The minimum absolute atomic E-state index is 0. The Labute approximate surface area is 145 Å². The summed E-state index contributed by atoms with van der Waals surface area (Å²) in [5.41, 5.74) is 0.439. The van der Waals surface area contributed by atoms with Crippen LogP contribution in [0.1, 0.15) is 46.0 Å². The number of nitrogens with zero attached hydrogens (tertiary/aromatic N) is 1. The second kappa shape index (κ2) is 10.2. The molecule has 0 aliphatic heterocycles. The number of nitrogens with one attached hydrogen (secondary N) is 2. The number of methoxy groups -OCH3 is 1. The lowest BCUT2D eigenvalue weighted by atomic mass is 9.64. The number of guanidine groups is 1. The van der Waals surface area contributed by atoms with Gasteiger partial charge in [-0.05, 0) is 30.6 Å². The Morgan fingerprint density at radius 2 is 2.00 bits per heavy atom. The number of ether oxygens (including phenoxy) is 1. The van der Waals surface area contributed by atoms with E-state index in [0.29, 0.717) is 18.4 Å². The van der Waals surface area contributed by atoms with Gasteiger partial charge in [-0.15, -0.1) is 24.0 Å². The number of rotatable bonds is 7. The first-order valence-corrected chi connectivity index (χ1v) is 7.53. The number of hydrogen-bond acceptors (Lipinski definition) is 3. The molecule has 6 heteroatoms. The van der Waals surface area contributed by atoms with Gasteiger partial charge in [-0.2, -0.15) is 0 Å². The highest BCUT2D eigenvalue weighted by Crippen LogP contribution is 2.45. The van der Waals surface area contributed by atoms with Gasteiger partial charge in [0.1, 0.15) is 0 Å². The first-order valence-electron chi connectivity index (χ1n) is 7.53. The lowest BCUT2D eigenvalue weighted by Crippen LogP contribution is -2.47. The molecule has 2 N–H and O–H groups in total. The molecule has 0 aromatic carbocycles. The third-order valence-corrected chi connectivity index (χ3v) is 3.96. The van der Waals surface area contributed by atoms with Gasteiger partial charge < -0.3 is 15.4 Å². The third kappa shape index (κ3) is 7.33. The van der Waals surface area contributed by atoms with Crippen LogP contribution < -0.4 is 10.6 Å². The lowest BCUT2D eigenvalue weighted by molar-refractivity contribution is -0.140. The predicted molar refractivity (Wildman–Crippen MR) is 97.2 cm³/mol. The summed E-state index contributed by atoms with van der Waals surface area (Å²) in [4.78, 5) is 15.2. The van der Waals surface area contributed by atoms with E-state index in [0.717, 1.165) is 18.4 Å². The zero-order valence-electron chi connectivity index (χ0n) is 13.7. The molecule has 0 spiro atoms. The van der Waals surface area contributed by atoms with Gasteiger partial charge in [-0.1, -0.05) is 20.3 Å². The predicted octanol–water partition coefficient (Wildman–Crippen LogP) is 2.55. The maximum Gasteiger partial charge on any atom is 0.307 e. The Balaban J connectivity index is 0.00000400. The average Bonchev–Trinajstić information content (AvgIpc) is 2.38. The molecule has 1 rings (SSSR count). The molecule has 0 radical (unpaired) electrons. The summed E-state index contributed by atoms with van der Waals surface area (Å²) in [6, 6.07) is 0. The average molecular weight is 411 g/mol. The van der Waals surface area contributed by atoms with Crippen molar-refractivity contribution in [3.05, 3.63) is 0 Å². The number of esters is 1. The van der Waals surface area contributed by atoms with E-state index in [-0.39, 0.29) is 29.9 Å². The first-order chi connectivity index (χ1) is 9.51. The number of halogens is 1. The smallest absolute Gasteiger partial charge is 0.307 e. The molecule has 5 nitrogen and oxygen atoms in total. The third-order valence-electron chi connectivity index (χ3n) is 3.96. The van der Waals surface area contributed by atoms with Crippen molar-refractivity contribution in [1.29, 1.82) is 0 Å². The number of carbonyl (C=O) groups is 1. The maximum absolute atomic E-state index is 11.1. The molecule has 1 fully saturated rings. The molecule has 1 saturated carbocycles. The first kappa shape index (κ1) is 20.5. The van der Waals surface area contributed by atoms with E-state index in [4.69, 9.17) is 0 Å². The summed E-state index contributed by atoms with van der Waals surface area (Å²) in [6.45, 7) is 6.07. The van der Waals surface area contributed by atoms with Gasteiger partial charge in [0.2, 0.25) is 0 Å². The summed E-state index contributed by atoms with van der Waals surface area (Å²) in [5, 5.41) is 6.54. The minimum atomic E-state index is -0.205. The van der Waals surface area contributed by atoms with Crippen LogP contribution >= 0.6 is 24.0 Å². The van der Waals surface area contributed by atoms with Crippen LogP contribution in [0.5, 0.6) is 0 Å². The molecular weight excluding hydrogens is 381 g/mol. The van der Waals surface area contributed by atoms with Crippen LogP contribution in [0.4, 0.5) is 0 Å². The number of hydrogen-bond donors (Lipinski definition) is 2. The molecule has 0 saturated heterocycles. The Hall–Kier alpha value is -0.530. The van der Waals surface area contributed by atoms with Gasteiger partial charge in [0.15, 0.2) is 5.96 Å². The molecule has 124 valence electrons. The van der Waals surface area contributed by atoms with Gasteiger partial charge in [0.05, 0.1) is 13.5 Å². The SMILES string of the molecule is CN=C(NCCC(=O)OC)NCC1(CC(C)C)CCC1.I. The Morgan fingerprint density at radius 3 is 2.43 bits per heavy atom. The minimum Gasteiger partial charge on any atom is -0.469 e. The monoisotopic (exact) mass is 411 g/mol. The Kier molecular flexibility index (Phi) is 9.98. The molecule has 1 aliphatic carbocycles. The highest BCUT2D eigenvalue weighted by Gasteiger charge is 2.37. The normalized spacial score (nSPS) is 16.7. The van der Waals surface area contributed by atoms with Gasteiger partial charge in [0, 0.05) is 20.1 Å². The molecule has 1 aliphatic rings. The zero-order chi connectivity index (χ0) is 15.0. The van der Waals surface area contributed by atoms with Gasteiger partial charge in [-0.3, -0.25) is 9.79 Å². The fourth-order valence-corrected chi connectivity index (χ4v) is 2.87.